The minimum absolute atomic E-state index is 0.00649. The molecule has 1 aliphatic carbocycles. The molecule has 18 heavy (non-hydrogen) atoms. The van der Waals surface area contributed by atoms with Crippen molar-refractivity contribution in [1.82, 2.24) is 10.6 Å². The second-order valence-electron chi connectivity index (χ2n) is 4.26. The molecule has 96 valence electrons. The molecule has 1 aromatic rings. The summed E-state index contributed by atoms with van der Waals surface area (Å²) in [6.07, 6.45) is 2.07. The summed E-state index contributed by atoms with van der Waals surface area (Å²) in [5, 5.41) is 5.38. The molecule has 0 radical (unpaired) electrons. The zero-order chi connectivity index (χ0) is 13.0. The van der Waals surface area contributed by atoms with Gasteiger partial charge in [-0.15, -0.1) is 0 Å². The molecule has 0 aliphatic heterocycles. The summed E-state index contributed by atoms with van der Waals surface area (Å²) in [7, 11) is 1.54. The smallest absolute Gasteiger partial charge is 0.251 e. The average Bonchev–Trinajstić information content (AvgIpc) is 3.20. The van der Waals surface area contributed by atoms with Gasteiger partial charge in [-0.1, -0.05) is 6.07 Å². The van der Waals surface area contributed by atoms with Crippen molar-refractivity contribution in [2.75, 3.05) is 13.7 Å². The minimum Gasteiger partial charge on any atom is -0.497 e. The number of rotatable bonds is 5. The van der Waals surface area contributed by atoms with E-state index in [1.54, 1.807) is 31.4 Å². The number of ether oxygens (including phenoxy) is 1. The first-order valence-electron chi connectivity index (χ1n) is 5.90. The highest BCUT2D eigenvalue weighted by Gasteiger charge is 2.23. The maximum Gasteiger partial charge on any atom is 0.251 e. The molecule has 1 aliphatic rings. The highest BCUT2D eigenvalue weighted by molar-refractivity contribution is 5.96. The summed E-state index contributed by atoms with van der Waals surface area (Å²) >= 11 is 0. The number of hydrogen-bond donors (Lipinski definition) is 2. The molecule has 1 aromatic carbocycles. The highest BCUT2D eigenvalue weighted by Crippen LogP contribution is 2.18. The zero-order valence-electron chi connectivity index (χ0n) is 10.2. The molecule has 5 heteroatoms. The third-order valence-electron chi connectivity index (χ3n) is 2.68. The Morgan fingerprint density at radius 2 is 2.17 bits per heavy atom. The van der Waals surface area contributed by atoms with Crippen molar-refractivity contribution in [2.45, 2.75) is 18.9 Å². The van der Waals surface area contributed by atoms with E-state index in [9.17, 15) is 9.59 Å². The van der Waals surface area contributed by atoms with Gasteiger partial charge in [0, 0.05) is 11.6 Å². The van der Waals surface area contributed by atoms with Gasteiger partial charge in [-0.25, -0.2) is 0 Å². The van der Waals surface area contributed by atoms with E-state index in [-0.39, 0.29) is 18.4 Å². The lowest BCUT2D eigenvalue weighted by atomic mass is 10.2. The van der Waals surface area contributed by atoms with Gasteiger partial charge in [0.2, 0.25) is 5.91 Å². The first kappa shape index (κ1) is 12.4. The Morgan fingerprint density at radius 1 is 1.39 bits per heavy atom. The van der Waals surface area contributed by atoms with Crippen molar-refractivity contribution in [1.29, 1.82) is 0 Å². The molecule has 1 fully saturated rings. The third-order valence-corrected chi connectivity index (χ3v) is 2.68. The van der Waals surface area contributed by atoms with E-state index in [1.165, 1.54) is 0 Å². The molecule has 2 N–H and O–H groups in total. The number of hydrogen-bond acceptors (Lipinski definition) is 3. The van der Waals surface area contributed by atoms with Gasteiger partial charge in [0.25, 0.3) is 5.91 Å². The van der Waals surface area contributed by atoms with E-state index in [1.807, 2.05) is 0 Å². The van der Waals surface area contributed by atoms with Crippen LogP contribution in [0.2, 0.25) is 0 Å². The highest BCUT2D eigenvalue weighted by atomic mass is 16.5. The second kappa shape index (κ2) is 5.53. The van der Waals surface area contributed by atoms with Crippen molar-refractivity contribution in [2.24, 2.45) is 0 Å². The summed E-state index contributed by atoms with van der Waals surface area (Å²) in [5.74, 6) is 0.193. The summed E-state index contributed by atoms with van der Waals surface area (Å²) in [6, 6.07) is 7.12. The molecule has 0 spiro atoms. The van der Waals surface area contributed by atoms with E-state index in [2.05, 4.69) is 10.6 Å². The first-order valence-corrected chi connectivity index (χ1v) is 5.90. The lowest BCUT2D eigenvalue weighted by Crippen LogP contribution is -2.37. The predicted octanol–water partition coefficient (Wildman–Crippen LogP) is 0.704. The topological polar surface area (TPSA) is 67.4 Å². The second-order valence-corrected chi connectivity index (χ2v) is 4.26. The van der Waals surface area contributed by atoms with Gasteiger partial charge in [-0.3, -0.25) is 9.59 Å². The van der Waals surface area contributed by atoms with Gasteiger partial charge < -0.3 is 15.4 Å². The standard InChI is InChI=1S/C13H16N2O3/c1-18-11-4-2-3-9(7-11)13(17)14-8-12(16)15-10-5-6-10/h2-4,7,10H,5-6,8H2,1H3,(H,14,17)(H,15,16). The van der Waals surface area contributed by atoms with Crippen molar-refractivity contribution in [3.63, 3.8) is 0 Å². The lowest BCUT2D eigenvalue weighted by molar-refractivity contribution is -0.120. The molecule has 0 atom stereocenters. The number of benzene rings is 1. The molecular weight excluding hydrogens is 232 g/mol. The average molecular weight is 248 g/mol. The minimum atomic E-state index is -0.278. The van der Waals surface area contributed by atoms with Crippen molar-refractivity contribution < 1.29 is 14.3 Å². The van der Waals surface area contributed by atoms with Crippen LogP contribution in [0.4, 0.5) is 0 Å². The fourth-order valence-electron chi connectivity index (χ4n) is 1.53. The van der Waals surface area contributed by atoms with Crippen molar-refractivity contribution in [3.8, 4) is 5.75 Å². The van der Waals surface area contributed by atoms with E-state index < -0.39 is 0 Å². The predicted molar refractivity (Wildman–Crippen MR) is 66.5 cm³/mol. The van der Waals surface area contributed by atoms with Crippen molar-refractivity contribution >= 4 is 11.8 Å². The van der Waals surface area contributed by atoms with E-state index in [4.69, 9.17) is 4.74 Å². The molecule has 2 rings (SSSR count). The number of nitrogens with one attached hydrogen (secondary N) is 2. The van der Waals surface area contributed by atoms with Crippen LogP contribution in [0.5, 0.6) is 5.75 Å². The zero-order valence-corrected chi connectivity index (χ0v) is 10.2. The normalized spacial score (nSPS) is 13.8. The summed E-state index contributed by atoms with van der Waals surface area (Å²) in [5.41, 5.74) is 0.480. The van der Waals surface area contributed by atoms with Crippen LogP contribution in [0.1, 0.15) is 23.2 Å². The quantitative estimate of drug-likeness (QED) is 0.806. The molecule has 2 amide bonds. The number of carbonyl (C=O) groups excluding carboxylic acids is 2. The monoisotopic (exact) mass is 248 g/mol. The molecule has 0 aromatic heterocycles. The van der Waals surface area contributed by atoms with Gasteiger partial charge in [-0.2, -0.15) is 0 Å². The van der Waals surface area contributed by atoms with Crippen molar-refractivity contribution in [3.05, 3.63) is 29.8 Å². The molecule has 0 heterocycles. The summed E-state index contributed by atoms with van der Waals surface area (Å²) in [6.45, 7) is 0.00649. The largest absolute Gasteiger partial charge is 0.497 e. The van der Waals surface area contributed by atoms with Crippen LogP contribution >= 0.6 is 0 Å². The van der Waals surface area contributed by atoms with E-state index in [0.29, 0.717) is 17.4 Å². The van der Waals surface area contributed by atoms with Crippen LogP contribution < -0.4 is 15.4 Å². The Labute approximate surface area is 106 Å². The summed E-state index contributed by atoms with van der Waals surface area (Å²) in [4.78, 5) is 23.2. The van der Waals surface area contributed by atoms with Crippen LogP contribution in [0, 0.1) is 0 Å². The Bertz CT molecular complexity index is 455. The van der Waals surface area contributed by atoms with Crippen LogP contribution in [0.15, 0.2) is 24.3 Å². The lowest BCUT2D eigenvalue weighted by Gasteiger charge is -2.07. The number of methoxy groups -OCH3 is 1. The van der Waals surface area contributed by atoms with Crippen LogP contribution in [0.25, 0.3) is 0 Å². The van der Waals surface area contributed by atoms with Gasteiger partial charge in [0.05, 0.1) is 13.7 Å². The molecule has 0 bridgehead atoms. The van der Waals surface area contributed by atoms with Gasteiger partial charge in [-0.05, 0) is 31.0 Å². The van der Waals surface area contributed by atoms with Crippen LogP contribution in [-0.2, 0) is 4.79 Å². The van der Waals surface area contributed by atoms with E-state index in [0.717, 1.165) is 12.8 Å². The Kier molecular flexibility index (Phi) is 3.82. The fraction of sp³-hybridized carbons (Fsp3) is 0.385. The van der Waals surface area contributed by atoms with Crippen LogP contribution in [0.3, 0.4) is 0 Å². The Balaban J connectivity index is 1.84. The van der Waals surface area contributed by atoms with Gasteiger partial charge in [0.15, 0.2) is 0 Å². The fourth-order valence-corrected chi connectivity index (χ4v) is 1.53. The van der Waals surface area contributed by atoms with E-state index >= 15 is 0 Å². The number of carbonyl (C=O) groups is 2. The third kappa shape index (κ3) is 3.48. The van der Waals surface area contributed by atoms with Gasteiger partial charge >= 0.3 is 0 Å². The maximum absolute atomic E-state index is 11.8. The Morgan fingerprint density at radius 3 is 2.83 bits per heavy atom. The Hall–Kier alpha value is -2.04. The molecule has 5 nitrogen and oxygen atoms in total. The summed E-state index contributed by atoms with van der Waals surface area (Å²) < 4.78 is 5.03. The SMILES string of the molecule is COc1cccc(C(=O)NCC(=O)NC2CC2)c1. The first-order chi connectivity index (χ1) is 8.69. The molecule has 1 saturated carbocycles. The molecule has 0 unspecified atom stereocenters. The number of amides is 2. The maximum atomic E-state index is 11.8. The molecular formula is C13H16N2O3. The molecule has 0 saturated heterocycles. The van der Waals surface area contributed by atoms with Crippen LogP contribution in [-0.4, -0.2) is 31.5 Å². The van der Waals surface area contributed by atoms with Gasteiger partial charge in [0.1, 0.15) is 5.75 Å².